The quantitative estimate of drug-likeness (QED) is 0.231. The van der Waals surface area contributed by atoms with Crippen LogP contribution in [0, 0.1) is 0 Å². The van der Waals surface area contributed by atoms with Crippen LogP contribution in [-0.2, 0) is 9.53 Å². The number of allylic oxidation sites excluding steroid dienone is 1. The van der Waals surface area contributed by atoms with E-state index in [1.165, 1.54) is 30.3 Å². The van der Waals surface area contributed by atoms with Crippen molar-refractivity contribution in [1.29, 1.82) is 0 Å². The first-order valence-corrected chi connectivity index (χ1v) is 9.49. The van der Waals surface area contributed by atoms with Crippen molar-refractivity contribution in [3.05, 3.63) is 47.2 Å². The van der Waals surface area contributed by atoms with Gasteiger partial charge in [0.2, 0.25) is 12.1 Å². The van der Waals surface area contributed by atoms with Crippen LogP contribution in [0.5, 0.6) is 28.7 Å². The van der Waals surface area contributed by atoms with Crippen molar-refractivity contribution in [2.75, 3.05) is 0 Å². The summed E-state index contributed by atoms with van der Waals surface area (Å²) in [6.07, 6.45) is -7.96. The number of fused-ring (bicyclic) bond motifs is 1. The lowest BCUT2D eigenvalue weighted by atomic mass is 9.99. The maximum atomic E-state index is 12.6. The van der Waals surface area contributed by atoms with Crippen LogP contribution in [-0.4, -0.2) is 78.2 Å². The summed E-state index contributed by atoms with van der Waals surface area (Å²) in [6.45, 7) is 0. The molecule has 174 valence electrons. The molecule has 12 heteroatoms. The van der Waals surface area contributed by atoms with Crippen molar-refractivity contribution in [3.63, 3.8) is 0 Å². The molecule has 0 bridgehead atoms. The molecule has 0 radical (unpaired) electrons. The Labute approximate surface area is 184 Å². The van der Waals surface area contributed by atoms with Crippen LogP contribution < -0.4 is 9.47 Å². The first-order chi connectivity index (χ1) is 15.6. The maximum Gasteiger partial charge on any atom is 0.335 e. The van der Waals surface area contributed by atoms with Gasteiger partial charge >= 0.3 is 5.97 Å². The molecular formula is C21H18O12. The molecule has 2 aliphatic rings. The van der Waals surface area contributed by atoms with E-state index in [-0.39, 0.29) is 28.6 Å². The highest BCUT2D eigenvalue weighted by atomic mass is 16.7. The molecule has 33 heavy (non-hydrogen) atoms. The third-order valence-electron chi connectivity index (χ3n) is 5.09. The van der Waals surface area contributed by atoms with Gasteiger partial charge in [-0.3, -0.25) is 4.79 Å². The molecule has 0 aliphatic carbocycles. The molecule has 5 unspecified atom stereocenters. The van der Waals surface area contributed by atoms with E-state index in [9.17, 15) is 40.2 Å². The number of phenolic OH excluding ortho intramolecular Hbond substituents is 3. The average Bonchev–Trinajstić information content (AvgIpc) is 3.06. The Morgan fingerprint density at radius 2 is 1.67 bits per heavy atom. The second-order valence-electron chi connectivity index (χ2n) is 7.36. The van der Waals surface area contributed by atoms with E-state index < -0.39 is 54.0 Å². The number of carbonyl (C=O) groups is 2. The predicted molar refractivity (Wildman–Crippen MR) is 106 cm³/mol. The van der Waals surface area contributed by atoms with Gasteiger partial charge in [0.05, 0.1) is 0 Å². The van der Waals surface area contributed by atoms with Crippen molar-refractivity contribution in [1.82, 2.24) is 0 Å². The van der Waals surface area contributed by atoms with Crippen molar-refractivity contribution in [3.8, 4) is 28.7 Å². The van der Waals surface area contributed by atoms with Gasteiger partial charge in [-0.25, -0.2) is 4.79 Å². The summed E-state index contributed by atoms with van der Waals surface area (Å²) in [4.78, 5) is 23.8. The van der Waals surface area contributed by atoms with E-state index in [0.717, 1.165) is 6.07 Å². The number of rotatable bonds is 4. The first-order valence-electron chi connectivity index (χ1n) is 9.49. The molecule has 2 heterocycles. The normalized spacial score (nSPS) is 27.8. The minimum Gasteiger partial charge on any atom is -0.507 e. The summed E-state index contributed by atoms with van der Waals surface area (Å²) in [5, 5.41) is 68.1. The number of aliphatic carboxylic acids is 1. The summed E-state index contributed by atoms with van der Waals surface area (Å²) < 4.78 is 15.8. The maximum absolute atomic E-state index is 12.6. The number of benzene rings is 2. The number of hydrogen-bond acceptors (Lipinski definition) is 11. The number of carboxylic acid groups (broad SMARTS) is 1. The fraction of sp³-hybridized carbons (Fsp3) is 0.238. The molecule has 0 amide bonds. The number of hydrogen-bond donors (Lipinski definition) is 7. The molecule has 2 aromatic rings. The Hall–Kier alpha value is -3.84. The lowest BCUT2D eigenvalue weighted by Gasteiger charge is -2.38. The van der Waals surface area contributed by atoms with Crippen LogP contribution in [0.1, 0.15) is 15.9 Å². The van der Waals surface area contributed by atoms with E-state index in [2.05, 4.69) is 0 Å². The van der Waals surface area contributed by atoms with Gasteiger partial charge in [0.25, 0.3) is 0 Å². The number of phenols is 3. The fourth-order valence-corrected chi connectivity index (χ4v) is 3.40. The summed E-state index contributed by atoms with van der Waals surface area (Å²) in [6, 6.07) is 5.99. The molecule has 2 aliphatic heterocycles. The van der Waals surface area contributed by atoms with Gasteiger partial charge in [0, 0.05) is 12.1 Å². The van der Waals surface area contributed by atoms with Crippen LogP contribution in [0.15, 0.2) is 36.1 Å². The summed E-state index contributed by atoms with van der Waals surface area (Å²) >= 11 is 0. The first kappa shape index (κ1) is 22.4. The highest BCUT2D eigenvalue weighted by Gasteiger charge is 2.48. The number of aliphatic hydroxyl groups excluding tert-OH is 3. The van der Waals surface area contributed by atoms with E-state index >= 15 is 0 Å². The molecular weight excluding hydrogens is 444 g/mol. The molecule has 1 saturated heterocycles. The van der Waals surface area contributed by atoms with Gasteiger partial charge in [-0.05, 0) is 23.8 Å². The number of aliphatic hydroxyl groups is 3. The molecule has 0 saturated carbocycles. The largest absolute Gasteiger partial charge is 0.507 e. The summed E-state index contributed by atoms with van der Waals surface area (Å²) in [7, 11) is 0. The topological polar surface area (TPSA) is 203 Å². The van der Waals surface area contributed by atoms with E-state index in [1.807, 2.05) is 0 Å². The molecule has 4 rings (SSSR count). The van der Waals surface area contributed by atoms with E-state index in [0.29, 0.717) is 5.56 Å². The van der Waals surface area contributed by atoms with E-state index in [4.69, 9.17) is 19.3 Å². The second-order valence-corrected chi connectivity index (χ2v) is 7.36. The Morgan fingerprint density at radius 3 is 2.33 bits per heavy atom. The predicted octanol–water partition coefficient (Wildman–Crippen LogP) is -0.309. The molecule has 12 nitrogen and oxygen atoms in total. The smallest absolute Gasteiger partial charge is 0.335 e. The zero-order valence-corrected chi connectivity index (χ0v) is 16.5. The number of Topliss-reactive ketones (excluding diaryl/α,β-unsaturated/α-hetero) is 1. The van der Waals surface area contributed by atoms with Crippen molar-refractivity contribution >= 4 is 17.8 Å². The lowest BCUT2D eigenvalue weighted by Crippen LogP contribution is -2.61. The molecule has 1 fully saturated rings. The number of ether oxygens (including phenoxy) is 3. The monoisotopic (exact) mass is 462 g/mol. The highest BCUT2D eigenvalue weighted by molar-refractivity contribution is 6.16. The van der Waals surface area contributed by atoms with Gasteiger partial charge in [0.15, 0.2) is 23.4 Å². The fourth-order valence-electron chi connectivity index (χ4n) is 3.40. The van der Waals surface area contributed by atoms with Crippen LogP contribution in [0.3, 0.4) is 0 Å². The Morgan fingerprint density at radius 1 is 0.939 bits per heavy atom. The molecule has 2 aromatic carbocycles. The van der Waals surface area contributed by atoms with Crippen molar-refractivity contribution in [2.45, 2.75) is 30.7 Å². The molecule has 0 spiro atoms. The highest BCUT2D eigenvalue weighted by Crippen LogP contribution is 2.42. The summed E-state index contributed by atoms with van der Waals surface area (Å²) in [5.74, 6) is -4.12. The minimum absolute atomic E-state index is 0.120. The standard InChI is InChI=1S/C21H18O12/c22-9-2-1-7(3-10(9)23)4-13-15(25)14-11(24)5-8(6-12(14)32-13)31-21-18(28)16(26)17(27)19(33-21)20(29)30/h1-6,16-19,21-24,26-28H,(H,29,30). The Bertz CT molecular complexity index is 1160. The zero-order valence-electron chi connectivity index (χ0n) is 16.5. The van der Waals surface area contributed by atoms with Crippen molar-refractivity contribution in [2.24, 2.45) is 0 Å². The van der Waals surface area contributed by atoms with Crippen LogP contribution in [0.25, 0.3) is 6.08 Å². The Balaban J connectivity index is 1.59. The SMILES string of the molecule is O=C1C(=Cc2ccc(O)c(O)c2)Oc2cc(OC3OC(C(=O)O)C(O)C(O)C3O)cc(O)c21. The van der Waals surface area contributed by atoms with Crippen LogP contribution in [0.2, 0.25) is 0 Å². The van der Waals surface area contributed by atoms with Crippen LogP contribution in [0.4, 0.5) is 0 Å². The number of carboxylic acids is 1. The minimum atomic E-state index is -1.90. The molecule has 0 aromatic heterocycles. The molecule has 5 atom stereocenters. The van der Waals surface area contributed by atoms with Gasteiger partial charge in [-0.15, -0.1) is 0 Å². The van der Waals surface area contributed by atoms with E-state index in [1.54, 1.807) is 0 Å². The summed E-state index contributed by atoms with van der Waals surface area (Å²) in [5.41, 5.74) is 0.129. The number of carbonyl (C=O) groups excluding carboxylic acids is 1. The average molecular weight is 462 g/mol. The third kappa shape index (κ3) is 4.03. The van der Waals surface area contributed by atoms with Crippen molar-refractivity contribution < 1.29 is 59.5 Å². The van der Waals surface area contributed by atoms with Gasteiger partial charge in [-0.2, -0.15) is 0 Å². The zero-order chi connectivity index (χ0) is 24.0. The number of aromatic hydroxyl groups is 3. The van der Waals surface area contributed by atoms with Gasteiger partial charge in [-0.1, -0.05) is 6.07 Å². The molecule has 7 N–H and O–H groups in total. The van der Waals surface area contributed by atoms with Gasteiger partial charge in [0.1, 0.15) is 41.1 Å². The van der Waals surface area contributed by atoms with Crippen LogP contribution >= 0.6 is 0 Å². The third-order valence-corrected chi connectivity index (χ3v) is 5.09. The van der Waals surface area contributed by atoms with Gasteiger partial charge < -0.3 is 50.0 Å². The lowest BCUT2D eigenvalue weighted by molar-refractivity contribution is -0.271. The number of ketones is 1. The Kier molecular flexibility index (Phi) is 5.59. The second kappa shape index (κ2) is 8.26.